The zero-order valence-electron chi connectivity index (χ0n) is 10.3. The molecule has 3 atom stereocenters. The lowest BCUT2D eigenvalue weighted by Crippen LogP contribution is -2.51. The molecular weight excluding hydrogens is 228 g/mol. The van der Waals surface area contributed by atoms with Gasteiger partial charge in [0, 0.05) is 25.6 Å². The first-order chi connectivity index (χ1) is 7.08. The standard InChI is InChI=1S/C11H22N2O2.ClH/c1-4-10-7-13(6-9(3)15-10)11(14)8(2)5-12;/h8-10H,4-7,12H2,1-3H3;1H. The van der Waals surface area contributed by atoms with Crippen molar-refractivity contribution in [1.29, 1.82) is 0 Å². The maximum Gasteiger partial charge on any atom is 0.226 e. The van der Waals surface area contributed by atoms with Crippen molar-refractivity contribution in [2.75, 3.05) is 19.6 Å². The minimum Gasteiger partial charge on any atom is -0.372 e. The molecule has 1 rings (SSSR count). The van der Waals surface area contributed by atoms with Crippen molar-refractivity contribution >= 4 is 18.3 Å². The summed E-state index contributed by atoms with van der Waals surface area (Å²) in [5.74, 6) is 0.0823. The van der Waals surface area contributed by atoms with Crippen LogP contribution in [0.3, 0.4) is 0 Å². The highest BCUT2D eigenvalue weighted by Crippen LogP contribution is 2.15. The van der Waals surface area contributed by atoms with Crippen LogP contribution in [0.2, 0.25) is 0 Å². The molecule has 0 radical (unpaired) electrons. The van der Waals surface area contributed by atoms with E-state index in [0.29, 0.717) is 19.6 Å². The molecule has 2 N–H and O–H groups in total. The molecule has 5 heteroatoms. The van der Waals surface area contributed by atoms with E-state index < -0.39 is 0 Å². The Labute approximate surface area is 104 Å². The molecule has 1 fully saturated rings. The average Bonchev–Trinajstić information content (AvgIpc) is 2.26. The highest BCUT2D eigenvalue weighted by molar-refractivity contribution is 5.85. The van der Waals surface area contributed by atoms with Gasteiger partial charge in [-0.1, -0.05) is 13.8 Å². The third kappa shape index (κ3) is 3.92. The maximum absolute atomic E-state index is 11.9. The number of nitrogens with two attached hydrogens (primary N) is 1. The van der Waals surface area contributed by atoms with E-state index in [1.807, 2.05) is 18.7 Å². The lowest BCUT2D eigenvalue weighted by molar-refractivity contribution is -0.147. The van der Waals surface area contributed by atoms with E-state index in [2.05, 4.69) is 6.92 Å². The second kappa shape index (κ2) is 7.09. The molecule has 1 aliphatic rings. The Bertz CT molecular complexity index is 226. The monoisotopic (exact) mass is 250 g/mol. The van der Waals surface area contributed by atoms with Gasteiger partial charge in [0.25, 0.3) is 0 Å². The molecule has 3 unspecified atom stereocenters. The molecule has 0 aromatic carbocycles. The number of carbonyl (C=O) groups excluding carboxylic acids is 1. The van der Waals surface area contributed by atoms with Gasteiger partial charge in [0.1, 0.15) is 0 Å². The van der Waals surface area contributed by atoms with Crippen LogP contribution in [0.1, 0.15) is 27.2 Å². The Morgan fingerprint density at radius 3 is 2.69 bits per heavy atom. The van der Waals surface area contributed by atoms with Gasteiger partial charge >= 0.3 is 0 Å². The summed E-state index contributed by atoms with van der Waals surface area (Å²) < 4.78 is 5.70. The predicted octanol–water partition coefficient (Wildman–Crippen LogP) is 1.03. The van der Waals surface area contributed by atoms with E-state index in [9.17, 15) is 4.79 Å². The summed E-state index contributed by atoms with van der Waals surface area (Å²) in [5, 5.41) is 0. The number of carbonyl (C=O) groups is 1. The van der Waals surface area contributed by atoms with Crippen LogP contribution in [0.4, 0.5) is 0 Å². The summed E-state index contributed by atoms with van der Waals surface area (Å²) >= 11 is 0. The number of morpholine rings is 1. The predicted molar refractivity (Wildman–Crippen MR) is 66.7 cm³/mol. The Hall–Kier alpha value is -0.320. The molecule has 4 nitrogen and oxygen atoms in total. The quantitative estimate of drug-likeness (QED) is 0.814. The van der Waals surface area contributed by atoms with Crippen LogP contribution in [0.15, 0.2) is 0 Å². The van der Waals surface area contributed by atoms with E-state index in [0.717, 1.165) is 6.42 Å². The van der Waals surface area contributed by atoms with Gasteiger partial charge in [-0.25, -0.2) is 0 Å². The van der Waals surface area contributed by atoms with E-state index in [4.69, 9.17) is 10.5 Å². The van der Waals surface area contributed by atoms with Crippen LogP contribution >= 0.6 is 12.4 Å². The topological polar surface area (TPSA) is 55.6 Å². The number of halogens is 1. The smallest absolute Gasteiger partial charge is 0.226 e. The summed E-state index contributed by atoms with van der Waals surface area (Å²) in [6.07, 6.45) is 1.27. The van der Waals surface area contributed by atoms with Gasteiger partial charge in [-0.3, -0.25) is 4.79 Å². The lowest BCUT2D eigenvalue weighted by atomic mass is 10.1. The summed E-state index contributed by atoms with van der Waals surface area (Å²) in [4.78, 5) is 13.8. The lowest BCUT2D eigenvalue weighted by Gasteiger charge is -2.37. The number of nitrogens with zero attached hydrogens (tertiary/aromatic N) is 1. The van der Waals surface area contributed by atoms with Gasteiger partial charge < -0.3 is 15.4 Å². The van der Waals surface area contributed by atoms with E-state index in [1.165, 1.54) is 0 Å². The molecule has 0 bridgehead atoms. The number of rotatable bonds is 3. The molecule has 1 heterocycles. The molecule has 0 spiro atoms. The third-order valence-electron chi connectivity index (χ3n) is 2.87. The van der Waals surface area contributed by atoms with Crippen molar-refractivity contribution < 1.29 is 9.53 Å². The van der Waals surface area contributed by atoms with Gasteiger partial charge in [-0.05, 0) is 13.3 Å². The zero-order chi connectivity index (χ0) is 11.4. The average molecular weight is 251 g/mol. The summed E-state index contributed by atoms with van der Waals surface area (Å²) in [6, 6.07) is 0. The first-order valence-corrected chi connectivity index (χ1v) is 5.72. The Morgan fingerprint density at radius 2 is 2.19 bits per heavy atom. The second-order valence-electron chi connectivity index (χ2n) is 4.36. The SMILES string of the molecule is CCC1CN(C(=O)C(C)CN)CC(C)O1.Cl. The largest absolute Gasteiger partial charge is 0.372 e. The molecule has 0 aromatic heterocycles. The molecule has 0 saturated carbocycles. The van der Waals surface area contributed by atoms with Crippen molar-refractivity contribution in [3.05, 3.63) is 0 Å². The number of hydrogen-bond donors (Lipinski definition) is 1. The molecule has 1 saturated heterocycles. The Balaban J connectivity index is 0.00000225. The van der Waals surface area contributed by atoms with E-state index >= 15 is 0 Å². The van der Waals surface area contributed by atoms with Crippen molar-refractivity contribution in [3.8, 4) is 0 Å². The van der Waals surface area contributed by atoms with Gasteiger partial charge in [-0.15, -0.1) is 12.4 Å². The molecule has 0 aliphatic carbocycles. The van der Waals surface area contributed by atoms with Crippen LogP contribution in [0, 0.1) is 5.92 Å². The highest BCUT2D eigenvalue weighted by Gasteiger charge is 2.29. The van der Waals surface area contributed by atoms with Crippen molar-refractivity contribution in [2.24, 2.45) is 11.7 Å². The fourth-order valence-corrected chi connectivity index (χ4v) is 1.86. The molecule has 1 amide bonds. The highest BCUT2D eigenvalue weighted by atomic mass is 35.5. The van der Waals surface area contributed by atoms with Crippen LogP contribution in [-0.4, -0.2) is 42.6 Å². The Kier molecular flexibility index (Phi) is 6.95. The number of hydrogen-bond acceptors (Lipinski definition) is 3. The number of ether oxygens (including phenoxy) is 1. The second-order valence-corrected chi connectivity index (χ2v) is 4.36. The minimum absolute atomic E-state index is 0. The molecule has 96 valence electrons. The minimum atomic E-state index is -0.0761. The van der Waals surface area contributed by atoms with Crippen molar-refractivity contribution in [1.82, 2.24) is 4.90 Å². The van der Waals surface area contributed by atoms with E-state index in [1.54, 1.807) is 0 Å². The van der Waals surface area contributed by atoms with Crippen molar-refractivity contribution in [2.45, 2.75) is 39.4 Å². The molecule has 1 aliphatic heterocycles. The fourth-order valence-electron chi connectivity index (χ4n) is 1.86. The first-order valence-electron chi connectivity index (χ1n) is 5.72. The zero-order valence-corrected chi connectivity index (χ0v) is 11.1. The van der Waals surface area contributed by atoms with Crippen molar-refractivity contribution in [3.63, 3.8) is 0 Å². The third-order valence-corrected chi connectivity index (χ3v) is 2.87. The summed E-state index contributed by atoms with van der Waals surface area (Å²) in [6.45, 7) is 7.79. The summed E-state index contributed by atoms with van der Waals surface area (Å²) in [5.41, 5.74) is 5.50. The summed E-state index contributed by atoms with van der Waals surface area (Å²) in [7, 11) is 0. The molecule has 0 aromatic rings. The molecule has 16 heavy (non-hydrogen) atoms. The normalized spacial score (nSPS) is 27.1. The number of amides is 1. The van der Waals surface area contributed by atoms with Gasteiger partial charge in [0.15, 0.2) is 0 Å². The van der Waals surface area contributed by atoms with Gasteiger partial charge in [0.05, 0.1) is 12.2 Å². The van der Waals surface area contributed by atoms with Crippen LogP contribution in [-0.2, 0) is 9.53 Å². The molecular formula is C11H23ClN2O2. The van der Waals surface area contributed by atoms with E-state index in [-0.39, 0.29) is 36.4 Å². The van der Waals surface area contributed by atoms with Gasteiger partial charge in [-0.2, -0.15) is 0 Å². The van der Waals surface area contributed by atoms with Crippen LogP contribution in [0.25, 0.3) is 0 Å². The fraction of sp³-hybridized carbons (Fsp3) is 0.909. The Morgan fingerprint density at radius 1 is 1.56 bits per heavy atom. The van der Waals surface area contributed by atoms with Gasteiger partial charge in [0.2, 0.25) is 5.91 Å². The first kappa shape index (κ1) is 15.7. The van der Waals surface area contributed by atoms with Crippen LogP contribution in [0.5, 0.6) is 0 Å². The maximum atomic E-state index is 11.9. The van der Waals surface area contributed by atoms with Crippen LogP contribution < -0.4 is 5.73 Å².